The minimum atomic E-state index is -1.87. The van der Waals surface area contributed by atoms with Gasteiger partial charge in [-0.15, -0.1) is 0 Å². The van der Waals surface area contributed by atoms with Crippen molar-refractivity contribution in [3.63, 3.8) is 0 Å². The molecule has 1 aromatic heterocycles. The Morgan fingerprint density at radius 2 is 1.58 bits per heavy atom. The number of halogens is 1. The zero-order valence-corrected chi connectivity index (χ0v) is 64.8. The van der Waals surface area contributed by atoms with Crippen LogP contribution in [0, 0.1) is 11.7 Å². The summed E-state index contributed by atoms with van der Waals surface area (Å²) in [6.07, 6.45) is 0.425. The molecule has 4 aliphatic heterocycles. The summed E-state index contributed by atoms with van der Waals surface area (Å²) >= 11 is 0. The van der Waals surface area contributed by atoms with Crippen LogP contribution >= 0.6 is 13.5 Å². The van der Waals surface area contributed by atoms with Crippen molar-refractivity contribution in [2.45, 2.75) is 191 Å². The number of nitrogens with two attached hydrogens (primary N) is 1. The molecule has 0 radical (unpaired) electrons. The van der Waals surface area contributed by atoms with E-state index in [1.165, 1.54) is 38.0 Å². The summed E-state index contributed by atoms with van der Waals surface area (Å²) in [6, 6.07) is 13.6. The number of aliphatic carboxylic acids is 1. The van der Waals surface area contributed by atoms with E-state index in [9.17, 15) is 43.8 Å². The van der Waals surface area contributed by atoms with Gasteiger partial charge in [0.2, 0.25) is 47.3 Å². The average molecular weight is 1550 g/mol. The number of nitrogens with zero attached hydrogens (tertiary/aromatic N) is 3. The van der Waals surface area contributed by atoms with Crippen LogP contribution in [0.3, 0.4) is 0 Å². The quantitative estimate of drug-likeness (QED) is 0.0466. The van der Waals surface area contributed by atoms with Crippen molar-refractivity contribution in [2.75, 3.05) is 46.5 Å². The van der Waals surface area contributed by atoms with Gasteiger partial charge in [-0.2, -0.15) is 13.5 Å². The fourth-order valence-electron chi connectivity index (χ4n) is 13.8. The SMILES string of the molecule is COc1ccc(C[C@H]2NC(=O)[C@H]([C@@H](C)O)NC(=O)[C@@H]3[C@@H]4CCN3C(=O)[C@@H](CC(=O)[C@@H](NC(=O)[C@@H](CNC(=O)OC(C)(C)C)NC(=O)[C@H](C)N)Cc3cccc(c3)CNC(=O)CO4)Cc3cn(c4ccc(F)cc34)CC=CCOc3cc(ccc3CCC(=O)CCC(=O)O)CCNC(=O)[C@@]3(C)CCCN3C2=O)cc1.S.[Li+].[OH-]. The summed E-state index contributed by atoms with van der Waals surface area (Å²) in [5.74, 6) is -9.82. The second-order valence-corrected chi connectivity index (χ2v) is 29.1. The number of hydrogen-bond donors (Lipinski definition) is 10. The van der Waals surface area contributed by atoms with E-state index < -0.39 is 156 Å². The molecular formula is C78H101FLiN11O19S. The van der Waals surface area contributed by atoms with E-state index in [1.807, 2.05) is 6.07 Å². The van der Waals surface area contributed by atoms with E-state index in [-0.39, 0.29) is 147 Å². The number of fused-ring (bicyclic) bond motifs is 11. The number of carbonyl (C=O) groups is 12. The first-order valence-corrected chi connectivity index (χ1v) is 36.4. The topological polar surface area (TPSA) is 434 Å². The Balaban J connectivity index is 0.00000641. The Morgan fingerprint density at radius 1 is 0.838 bits per heavy atom. The van der Waals surface area contributed by atoms with Gasteiger partial charge in [-0.05, 0) is 162 Å². The number of ether oxygens (including phenoxy) is 4. The number of aromatic nitrogens is 1. The predicted molar refractivity (Wildman–Crippen MR) is 404 cm³/mol. The first-order chi connectivity index (χ1) is 51.4. The molecule has 30 nitrogen and oxygen atoms in total. The van der Waals surface area contributed by atoms with Crippen LogP contribution in [0.25, 0.3) is 10.9 Å². The molecule has 10 atom stereocenters. The predicted octanol–water partition coefficient (Wildman–Crippen LogP) is 0.195. The molecular weight excluding hydrogens is 1450 g/mol. The third-order valence-electron chi connectivity index (χ3n) is 19.6. The molecule has 33 heteroatoms. The minimum Gasteiger partial charge on any atom is -0.870 e. The van der Waals surface area contributed by atoms with Gasteiger partial charge in [-0.1, -0.05) is 54.6 Å². The zero-order chi connectivity index (χ0) is 78.1. The van der Waals surface area contributed by atoms with E-state index in [0.717, 1.165) is 10.5 Å². The van der Waals surface area contributed by atoms with Crippen LogP contribution in [0.2, 0.25) is 0 Å². The van der Waals surface area contributed by atoms with Gasteiger partial charge in [-0.25, -0.2) is 9.18 Å². The van der Waals surface area contributed by atoms with Crippen molar-refractivity contribution in [2.24, 2.45) is 11.7 Å². The second kappa shape index (κ2) is 41.0. The molecule has 4 aliphatic rings. The van der Waals surface area contributed by atoms with Crippen LogP contribution in [0.1, 0.15) is 120 Å². The summed E-state index contributed by atoms with van der Waals surface area (Å²) in [7, 11) is 1.48. The van der Waals surface area contributed by atoms with Gasteiger partial charge < -0.3 is 92.0 Å². The summed E-state index contributed by atoms with van der Waals surface area (Å²) in [4.78, 5) is 174. The monoisotopic (exact) mass is 1550 g/mol. The van der Waals surface area contributed by atoms with Crippen LogP contribution in [-0.2, 0) is 107 Å². The number of nitrogens with one attached hydrogen (secondary N) is 7. The molecule has 10 bridgehead atoms. The van der Waals surface area contributed by atoms with E-state index in [1.54, 1.807) is 117 Å². The molecule has 4 aromatic carbocycles. The molecule has 2 saturated heterocycles. The first-order valence-electron chi connectivity index (χ1n) is 36.4. The molecule has 111 heavy (non-hydrogen) atoms. The third-order valence-corrected chi connectivity index (χ3v) is 19.6. The number of ketones is 2. The number of amides is 9. The molecule has 0 spiro atoms. The number of hydrogen-bond acceptors (Lipinski definition) is 19. The second-order valence-electron chi connectivity index (χ2n) is 29.1. The number of allylic oxidation sites excluding steroid dienone is 1. The number of methoxy groups -OCH3 is 1. The number of aliphatic hydroxyl groups is 1. The van der Waals surface area contributed by atoms with Crippen molar-refractivity contribution in [3.05, 3.63) is 142 Å². The number of aliphatic hydroxyl groups excluding tert-OH is 1. The normalized spacial score (nSPS) is 22.0. The van der Waals surface area contributed by atoms with E-state index in [0.29, 0.717) is 56.6 Å². The molecule has 0 aliphatic carbocycles. The number of carboxylic acids is 1. The first kappa shape index (κ1) is 90.2. The van der Waals surface area contributed by atoms with Crippen LogP contribution < -0.4 is 71.3 Å². The number of carboxylic acid groups (broad SMARTS) is 1. The van der Waals surface area contributed by atoms with Gasteiger partial charge in [0.25, 0.3) is 0 Å². The van der Waals surface area contributed by atoms with Crippen LogP contribution in [0.4, 0.5) is 9.18 Å². The Bertz CT molecular complexity index is 4210. The average Bonchev–Trinajstić information content (AvgIpc) is 1.67. The maximum atomic E-state index is 16.2. The molecule has 0 unspecified atom stereocenters. The molecule has 2 fully saturated rings. The Kier molecular flexibility index (Phi) is 33.3. The molecule has 0 saturated carbocycles. The molecule has 9 rings (SSSR count). The van der Waals surface area contributed by atoms with Gasteiger partial charge in [0.15, 0.2) is 5.78 Å². The molecule has 9 amide bonds. The molecule has 5 heterocycles. The summed E-state index contributed by atoms with van der Waals surface area (Å²) < 4.78 is 41.0. The standard InChI is InChI=1S/C78H98FN11O18.Li.H2O.H2S/c1-45(80)69(97)86-60(42-83-76(104)108-77(3,4)5)70(98)84-58-36-49-12-10-13-50(34-49)41-82-65(94)44-107-63-27-32-89-68(63)72(100)87-67(46(2)91)71(99)85-59(35-47-15-22-56(105-7)23-16-47)74(102)90-31-11-28-78(90,6)75(103)81-29-26-48-14-17-51(18-20-55(92)21-25-66(95)96)64(37-48)106-33-9-8-30-88-43-53(38-52(73(89)101)39-62(58)93)57-40-54(79)19-24-61(57)88;;;/h8-10,12-17,19,22-24,34,37,40,43,45-46,52,58-60,63,67-68,91H,11,18,20-21,25-33,35-36,38-39,41-42,44,80H2,1-7H3,(H,81,103)(H,82,94)(H,83,104)(H,84,98)(H,85,99)(H,86,97)(H,87,100)(H,95,96);;2*1H2/q;+1;;/p-1/t45-,46+,52+,58-,59+,60+,63-,67-,68-,78+;;;/m0.../s1. The number of rotatable bonds is 16. The van der Waals surface area contributed by atoms with Crippen molar-refractivity contribution in [3.8, 4) is 11.5 Å². The van der Waals surface area contributed by atoms with Gasteiger partial charge in [0.05, 0.1) is 44.4 Å². The van der Waals surface area contributed by atoms with Crippen molar-refractivity contribution < 1.29 is 115 Å². The van der Waals surface area contributed by atoms with Gasteiger partial charge in [0, 0.05) is 81.4 Å². The van der Waals surface area contributed by atoms with E-state index >= 15 is 28.4 Å². The van der Waals surface area contributed by atoms with E-state index in [4.69, 9.17) is 24.7 Å². The Hall–Kier alpha value is -9.68. The van der Waals surface area contributed by atoms with Crippen LogP contribution in [0.15, 0.2) is 103 Å². The van der Waals surface area contributed by atoms with Gasteiger partial charge in [0.1, 0.15) is 71.6 Å². The van der Waals surface area contributed by atoms with Crippen molar-refractivity contribution in [1.29, 1.82) is 0 Å². The number of alkyl carbamates (subject to hydrolysis) is 1. The van der Waals surface area contributed by atoms with Crippen LogP contribution in [-0.4, -0.2) is 207 Å². The molecule has 596 valence electrons. The third kappa shape index (κ3) is 24.7. The minimum absolute atomic E-state index is 0. The summed E-state index contributed by atoms with van der Waals surface area (Å²) in [5, 5.41) is 40.2. The largest absolute Gasteiger partial charge is 1.00 e. The van der Waals surface area contributed by atoms with E-state index in [2.05, 4.69) is 37.2 Å². The Labute approximate surface area is 662 Å². The Morgan fingerprint density at radius 3 is 2.28 bits per heavy atom. The number of carbonyl (C=O) groups excluding carboxylic acids is 11. The number of Topliss-reactive ketones (excluding diaryl/α,β-unsaturated/α-hetero) is 2. The zero-order valence-electron chi connectivity index (χ0n) is 63.8. The maximum absolute atomic E-state index is 16.2. The fraction of sp³-hybridized carbons (Fsp3) is 0.487. The fourth-order valence-corrected chi connectivity index (χ4v) is 13.8. The van der Waals surface area contributed by atoms with Crippen molar-refractivity contribution in [1.82, 2.24) is 51.6 Å². The van der Waals surface area contributed by atoms with Gasteiger partial charge in [-0.3, -0.25) is 52.7 Å². The smallest absolute Gasteiger partial charge is 0.870 e. The van der Waals surface area contributed by atoms with Crippen LogP contribution in [0.5, 0.6) is 11.5 Å². The summed E-state index contributed by atoms with van der Waals surface area (Å²) in [5.41, 5.74) is 7.33. The number of aryl methyl sites for hydroxylation is 1. The maximum Gasteiger partial charge on any atom is 1.00 e. The molecule has 5 aromatic rings. The van der Waals surface area contributed by atoms with Crippen molar-refractivity contribution >= 4 is 95.3 Å². The molecule has 12 N–H and O–H groups in total. The number of benzene rings is 4. The summed E-state index contributed by atoms with van der Waals surface area (Å²) in [6.45, 7) is 7.91. The van der Waals surface area contributed by atoms with Gasteiger partial charge >= 0.3 is 30.9 Å².